The highest BCUT2D eigenvalue weighted by Crippen LogP contribution is 2.47. The van der Waals surface area contributed by atoms with Gasteiger partial charge in [-0.05, 0) is 62.8 Å². The van der Waals surface area contributed by atoms with Gasteiger partial charge in [-0.2, -0.15) is 0 Å². The lowest BCUT2D eigenvalue weighted by Crippen LogP contribution is -2.45. The second-order valence-corrected chi connectivity index (χ2v) is 12.2. The first-order chi connectivity index (χ1) is 20.7. The summed E-state index contributed by atoms with van der Waals surface area (Å²) in [5.74, 6) is -0.688. The first-order valence-electron chi connectivity index (χ1n) is 14.1. The maximum Gasteiger partial charge on any atom is 0.573 e. The number of ether oxygens (including phenoxy) is 3. The van der Waals surface area contributed by atoms with E-state index in [2.05, 4.69) is 19.8 Å². The molecule has 13 heteroatoms. The van der Waals surface area contributed by atoms with Crippen LogP contribution in [-0.2, 0) is 16.1 Å². The zero-order valence-corrected chi connectivity index (χ0v) is 23.8. The molecule has 2 aliphatic heterocycles. The molecule has 43 heavy (non-hydrogen) atoms. The molecule has 0 spiro atoms. The van der Waals surface area contributed by atoms with E-state index in [4.69, 9.17) is 14.0 Å². The van der Waals surface area contributed by atoms with Crippen LogP contribution in [0.15, 0.2) is 40.9 Å². The van der Waals surface area contributed by atoms with Gasteiger partial charge in [0.15, 0.2) is 10.9 Å². The summed E-state index contributed by atoms with van der Waals surface area (Å²) in [6.07, 6.45) is 0.215. The molecule has 0 radical (unpaired) electrons. The van der Waals surface area contributed by atoms with Gasteiger partial charge in [0.25, 0.3) is 0 Å². The molecule has 2 aromatic heterocycles. The molecule has 3 fully saturated rings. The summed E-state index contributed by atoms with van der Waals surface area (Å²) >= 11 is 1.35. The van der Waals surface area contributed by atoms with Crippen molar-refractivity contribution in [3.63, 3.8) is 0 Å². The molecule has 7 rings (SSSR count). The topological polar surface area (TPSA) is 86.9 Å². The van der Waals surface area contributed by atoms with Crippen molar-refractivity contribution in [3.05, 3.63) is 59.1 Å². The van der Waals surface area contributed by atoms with Crippen LogP contribution in [0.3, 0.4) is 0 Å². The van der Waals surface area contributed by atoms with Gasteiger partial charge in [-0.25, -0.2) is 14.2 Å². The minimum atomic E-state index is -4.85. The van der Waals surface area contributed by atoms with Crippen LogP contribution in [0, 0.1) is 5.82 Å². The molecule has 4 heterocycles. The number of alkyl halides is 3. The summed E-state index contributed by atoms with van der Waals surface area (Å²) in [6.45, 7) is 0.151. The molecule has 2 aromatic carbocycles. The van der Waals surface area contributed by atoms with Gasteiger partial charge in [0.2, 0.25) is 0 Å². The molecule has 1 unspecified atom stereocenters. The van der Waals surface area contributed by atoms with Crippen molar-refractivity contribution >= 4 is 32.7 Å². The number of hydrogen-bond donors (Lipinski definition) is 0. The van der Waals surface area contributed by atoms with Crippen LogP contribution >= 0.6 is 11.3 Å². The molecule has 4 aromatic rings. The van der Waals surface area contributed by atoms with Crippen molar-refractivity contribution < 1.29 is 41.1 Å². The lowest BCUT2D eigenvalue weighted by molar-refractivity contribution is -0.274. The average Bonchev–Trinajstić information content (AvgIpc) is 3.48. The Morgan fingerprint density at radius 3 is 2.56 bits per heavy atom. The molecule has 3 atom stereocenters. The second kappa shape index (κ2) is 10.8. The molecule has 8 nitrogen and oxygen atoms in total. The van der Waals surface area contributed by atoms with Crippen molar-refractivity contribution in [3.8, 4) is 17.0 Å². The summed E-state index contributed by atoms with van der Waals surface area (Å²) in [4.78, 5) is 18.8. The molecule has 226 valence electrons. The normalized spacial score (nSPS) is 21.9. The van der Waals surface area contributed by atoms with Crippen LogP contribution in [0.2, 0.25) is 0 Å². The minimum Gasteiger partial charge on any atom is -0.465 e. The van der Waals surface area contributed by atoms with E-state index in [1.54, 1.807) is 12.1 Å². The van der Waals surface area contributed by atoms with E-state index in [9.17, 15) is 22.4 Å². The third-order valence-corrected chi connectivity index (χ3v) is 9.38. The van der Waals surface area contributed by atoms with E-state index < -0.39 is 18.1 Å². The average molecular weight is 618 g/mol. The number of aromatic nitrogens is 2. The third kappa shape index (κ3) is 5.44. The van der Waals surface area contributed by atoms with Crippen molar-refractivity contribution in [2.45, 2.75) is 75.6 Å². The summed E-state index contributed by atoms with van der Waals surface area (Å²) < 4.78 is 75.8. The Hall–Kier alpha value is -3.71. The number of halogens is 4. The summed E-state index contributed by atoms with van der Waals surface area (Å²) in [5.41, 5.74) is 1.52. The number of carbonyl (C=O) groups is 1. The second-order valence-electron chi connectivity index (χ2n) is 11.2. The number of para-hydroxylation sites is 1. The van der Waals surface area contributed by atoms with Crippen molar-refractivity contribution in [2.24, 2.45) is 0 Å². The molecule has 1 aliphatic carbocycles. The first kappa shape index (κ1) is 28.1. The molecule has 0 N–H and O–H groups in total. The fourth-order valence-corrected chi connectivity index (χ4v) is 7.48. The minimum absolute atomic E-state index is 0.0951. The van der Waals surface area contributed by atoms with E-state index >= 15 is 0 Å². The smallest absolute Gasteiger partial charge is 0.465 e. The highest BCUT2D eigenvalue weighted by Gasteiger charge is 2.43. The number of hydrogen-bond acceptors (Lipinski definition) is 9. The number of benzene rings is 2. The number of rotatable bonds is 8. The van der Waals surface area contributed by atoms with Gasteiger partial charge in [-0.1, -0.05) is 28.6 Å². The lowest BCUT2D eigenvalue weighted by atomic mass is 10.00. The highest BCUT2D eigenvalue weighted by molar-refractivity contribution is 7.22. The van der Waals surface area contributed by atoms with Crippen LogP contribution < -0.4 is 9.64 Å². The number of nitrogens with zero attached hydrogens (tertiary/aromatic N) is 3. The Morgan fingerprint density at radius 1 is 1.12 bits per heavy atom. The largest absolute Gasteiger partial charge is 0.573 e. The zero-order valence-electron chi connectivity index (χ0n) is 23.0. The molecule has 2 saturated heterocycles. The van der Waals surface area contributed by atoms with Gasteiger partial charge in [0.1, 0.15) is 22.7 Å². The number of thiazole rings is 1. The van der Waals surface area contributed by atoms with E-state index in [-0.39, 0.29) is 53.1 Å². The number of fused-ring (bicyclic) bond motifs is 3. The Morgan fingerprint density at radius 2 is 1.86 bits per heavy atom. The van der Waals surface area contributed by atoms with Crippen LogP contribution in [0.25, 0.3) is 21.5 Å². The molecule has 3 aliphatic rings. The Labute approximate surface area is 247 Å². The number of piperidine rings is 1. The monoisotopic (exact) mass is 617 g/mol. The first-order valence-corrected chi connectivity index (χ1v) is 14.9. The highest BCUT2D eigenvalue weighted by atomic mass is 32.1. The quantitative estimate of drug-likeness (QED) is 0.150. The summed E-state index contributed by atoms with van der Waals surface area (Å²) in [7, 11) is 1.25. The fourth-order valence-electron chi connectivity index (χ4n) is 6.32. The molecular formula is C30H27F4N3O5S. The standard InChI is InChI=1S/C30H27F4N3O5S/c1-39-28(38)16-10-22(31)26-24(11-16)43-29(35-26)37-17-8-9-18(37)13-19(12-17)40-14-21-25(36-42-27(21)15-6-7-15)20-4-2-3-5-23(20)41-30(32,33)34/h2-5,10-11,15,17-19H,6-9,12-14H2,1H3/t17-,18+,19?. The van der Waals surface area contributed by atoms with E-state index in [0.717, 1.165) is 44.6 Å². The molecule has 0 amide bonds. The van der Waals surface area contributed by atoms with E-state index in [0.29, 0.717) is 26.8 Å². The third-order valence-electron chi connectivity index (χ3n) is 8.37. The Balaban J connectivity index is 1.10. The van der Waals surface area contributed by atoms with Gasteiger partial charge < -0.3 is 23.6 Å². The predicted octanol–water partition coefficient (Wildman–Crippen LogP) is 7.37. The van der Waals surface area contributed by atoms with Crippen molar-refractivity contribution in [1.82, 2.24) is 10.1 Å². The van der Waals surface area contributed by atoms with Crippen LogP contribution in [0.4, 0.5) is 22.7 Å². The maximum absolute atomic E-state index is 14.8. The van der Waals surface area contributed by atoms with Crippen molar-refractivity contribution in [2.75, 3.05) is 12.0 Å². The number of methoxy groups -OCH3 is 1. The Bertz CT molecular complexity index is 1670. The number of carbonyl (C=O) groups excluding carboxylic acids is 1. The van der Waals surface area contributed by atoms with E-state index in [1.807, 2.05) is 0 Å². The van der Waals surface area contributed by atoms with E-state index in [1.165, 1.54) is 36.6 Å². The molecule has 2 bridgehead atoms. The van der Waals surface area contributed by atoms with Crippen molar-refractivity contribution in [1.29, 1.82) is 0 Å². The van der Waals surface area contributed by atoms with Crippen LogP contribution in [0.5, 0.6) is 5.75 Å². The molecular weight excluding hydrogens is 590 g/mol. The summed E-state index contributed by atoms with van der Waals surface area (Å²) in [5, 5.41) is 4.88. The number of anilines is 1. The number of esters is 1. The van der Waals surface area contributed by atoms with Gasteiger partial charge in [0, 0.05) is 29.1 Å². The zero-order chi connectivity index (χ0) is 29.9. The van der Waals surface area contributed by atoms with Gasteiger partial charge in [-0.15, -0.1) is 13.2 Å². The van der Waals surface area contributed by atoms with Crippen LogP contribution in [0.1, 0.15) is 66.1 Å². The lowest BCUT2D eigenvalue weighted by Gasteiger charge is -2.38. The van der Waals surface area contributed by atoms with Gasteiger partial charge in [-0.3, -0.25) is 0 Å². The molecule has 1 saturated carbocycles. The fraction of sp³-hybridized carbons (Fsp3) is 0.433. The Kier molecular flexibility index (Phi) is 7.04. The SMILES string of the molecule is COC(=O)c1cc(F)c2nc(N3[C@@H]4CC[C@H]3CC(OCc3c(-c5ccccc5OC(F)(F)F)noc3C3CC3)C4)sc2c1. The van der Waals surface area contributed by atoms with Crippen LogP contribution in [-0.4, -0.2) is 47.8 Å². The predicted molar refractivity (Wildman–Crippen MR) is 149 cm³/mol. The maximum atomic E-state index is 14.8. The summed E-state index contributed by atoms with van der Waals surface area (Å²) in [6, 6.07) is 8.93. The van der Waals surface area contributed by atoms with Gasteiger partial charge in [0.05, 0.1) is 30.1 Å². The van der Waals surface area contributed by atoms with Gasteiger partial charge >= 0.3 is 12.3 Å².